The first-order valence-corrected chi connectivity index (χ1v) is 9.54. The van der Waals surface area contributed by atoms with Crippen LogP contribution < -0.4 is 20.6 Å². The molecule has 1 heterocycles. The molecule has 0 spiro atoms. The summed E-state index contributed by atoms with van der Waals surface area (Å²) in [7, 11) is 0. The van der Waals surface area contributed by atoms with Gasteiger partial charge < -0.3 is 15.2 Å². The Bertz CT molecular complexity index is 915. The molecule has 0 saturated heterocycles. The molecule has 2 aromatic carbocycles. The van der Waals surface area contributed by atoms with Gasteiger partial charge >= 0.3 is 0 Å². The van der Waals surface area contributed by atoms with E-state index in [0.29, 0.717) is 46.2 Å². The SMILES string of the molecule is CCOc1cc(C=NNc2nc(N)cs2)c(Cl)cc1OCc1ccccc1. The number of rotatable bonds is 8. The molecule has 27 heavy (non-hydrogen) atoms. The lowest BCUT2D eigenvalue weighted by atomic mass is 10.2. The summed E-state index contributed by atoms with van der Waals surface area (Å²) in [5.74, 6) is 1.65. The summed E-state index contributed by atoms with van der Waals surface area (Å²) in [6, 6.07) is 13.4. The molecule has 0 bridgehead atoms. The van der Waals surface area contributed by atoms with Gasteiger partial charge in [0, 0.05) is 17.0 Å². The van der Waals surface area contributed by atoms with Crippen LogP contribution in [0.3, 0.4) is 0 Å². The monoisotopic (exact) mass is 402 g/mol. The van der Waals surface area contributed by atoms with E-state index in [-0.39, 0.29) is 0 Å². The third-order valence-electron chi connectivity index (χ3n) is 3.49. The number of thiazole rings is 1. The number of nitrogens with two attached hydrogens (primary N) is 1. The number of nitrogens with zero attached hydrogens (tertiary/aromatic N) is 2. The molecule has 3 rings (SSSR count). The van der Waals surface area contributed by atoms with E-state index in [9.17, 15) is 0 Å². The molecule has 140 valence electrons. The first-order chi connectivity index (χ1) is 13.2. The van der Waals surface area contributed by atoms with Gasteiger partial charge in [0.1, 0.15) is 12.4 Å². The second-order valence-electron chi connectivity index (χ2n) is 5.48. The minimum absolute atomic E-state index is 0.428. The number of ether oxygens (including phenoxy) is 2. The van der Waals surface area contributed by atoms with E-state index in [4.69, 9.17) is 26.8 Å². The molecule has 3 N–H and O–H groups in total. The topological polar surface area (TPSA) is 81.8 Å². The van der Waals surface area contributed by atoms with Gasteiger partial charge in [-0.2, -0.15) is 5.10 Å². The molecule has 0 fully saturated rings. The van der Waals surface area contributed by atoms with Crippen LogP contribution in [0.1, 0.15) is 18.1 Å². The number of hydrazone groups is 1. The number of anilines is 2. The summed E-state index contributed by atoms with van der Waals surface area (Å²) in [4.78, 5) is 4.07. The van der Waals surface area contributed by atoms with Crippen molar-refractivity contribution < 1.29 is 9.47 Å². The summed E-state index contributed by atoms with van der Waals surface area (Å²) < 4.78 is 11.6. The van der Waals surface area contributed by atoms with Gasteiger partial charge in [0.25, 0.3) is 0 Å². The lowest BCUT2D eigenvalue weighted by molar-refractivity contribution is 0.269. The second-order valence-corrected chi connectivity index (χ2v) is 6.74. The molecule has 8 heteroatoms. The Balaban J connectivity index is 1.74. The van der Waals surface area contributed by atoms with Crippen molar-refractivity contribution in [2.24, 2.45) is 5.10 Å². The highest BCUT2D eigenvalue weighted by atomic mass is 35.5. The normalized spacial score (nSPS) is 10.9. The highest BCUT2D eigenvalue weighted by Crippen LogP contribution is 2.33. The van der Waals surface area contributed by atoms with Crippen LogP contribution in [0.15, 0.2) is 52.9 Å². The van der Waals surface area contributed by atoms with E-state index in [1.165, 1.54) is 11.3 Å². The first kappa shape index (κ1) is 19.0. The molecule has 0 aliphatic heterocycles. The number of aromatic nitrogens is 1. The predicted molar refractivity (Wildman–Crippen MR) is 111 cm³/mol. The summed E-state index contributed by atoms with van der Waals surface area (Å²) in [5, 5.41) is 6.99. The van der Waals surface area contributed by atoms with Crippen LogP contribution >= 0.6 is 22.9 Å². The Morgan fingerprint density at radius 1 is 1.22 bits per heavy atom. The zero-order chi connectivity index (χ0) is 19.1. The van der Waals surface area contributed by atoms with Crippen molar-refractivity contribution >= 4 is 40.1 Å². The van der Waals surface area contributed by atoms with Crippen molar-refractivity contribution in [2.75, 3.05) is 17.8 Å². The molecule has 3 aromatic rings. The van der Waals surface area contributed by atoms with Gasteiger partial charge in [-0.05, 0) is 18.6 Å². The number of nitrogens with one attached hydrogen (secondary N) is 1. The Morgan fingerprint density at radius 2 is 2.00 bits per heavy atom. The van der Waals surface area contributed by atoms with E-state index >= 15 is 0 Å². The zero-order valence-electron chi connectivity index (χ0n) is 14.7. The van der Waals surface area contributed by atoms with Crippen LogP contribution in [0, 0.1) is 0 Å². The average molecular weight is 403 g/mol. The van der Waals surface area contributed by atoms with Crippen molar-refractivity contribution in [3.05, 3.63) is 64.0 Å². The third-order valence-corrected chi connectivity index (χ3v) is 4.58. The molecule has 0 aliphatic rings. The molecule has 0 atom stereocenters. The van der Waals surface area contributed by atoms with Gasteiger partial charge in [-0.25, -0.2) is 4.98 Å². The standard InChI is InChI=1S/C19H19ClN4O2S/c1-2-25-16-8-14(10-22-24-19-23-18(21)12-27-19)15(20)9-17(16)26-11-13-6-4-3-5-7-13/h3-10,12H,2,11,21H2,1H3,(H,23,24). The van der Waals surface area contributed by atoms with Crippen molar-refractivity contribution in [2.45, 2.75) is 13.5 Å². The van der Waals surface area contributed by atoms with Gasteiger partial charge in [-0.15, -0.1) is 11.3 Å². The molecule has 0 saturated carbocycles. The Kier molecular flexibility index (Phi) is 6.51. The van der Waals surface area contributed by atoms with Crippen LogP contribution in [0.25, 0.3) is 0 Å². The third kappa shape index (κ3) is 5.35. The lowest BCUT2D eigenvalue weighted by Crippen LogP contribution is -2.01. The van der Waals surface area contributed by atoms with E-state index < -0.39 is 0 Å². The molecule has 1 aromatic heterocycles. The summed E-state index contributed by atoms with van der Waals surface area (Å²) in [6.45, 7) is 2.85. The smallest absolute Gasteiger partial charge is 0.205 e. The van der Waals surface area contributed by atoms with Crippen LogP contribution in [0.2, 0.25) is 5.02 Å². The fourth-order valence-electron chi connectivity index (χ4n) is 2.26. The minimum atomic E-state index is 0.428. The van der Waals surface area contributed by atoms with E-state index in [1.54, 1.807) is 23.7 Å². The highest BCUT2D eigenvalue weighted by Gasteiger charge is 2.11. The fraction of sp³-hybridized carbons (Fsp3) is 0.158. The molecule has 0 aliphatic carbocycles. The molecular formula is C19H19ClN4O2S. The number of benzene rings is 2. The molecule has 0 unspecified atom stereocenters. The van der Waals surface area contributed by atoms with Crippen molar-refractivity contribution in [1.82, 2.24) is 4.98 Å². The maximum Gasteiger partial charge on any atom is 0.205 e. The molecular weight excluding hydrogens is 384 g/mol. The quantitative estimate of drug-likeness (QED) is 0.417. The van der Waals surface area contributed by atoms with Crippen LogP contribution in [-0.2, 0) is 6.61 Å². The molecule has 0 radical (unpaired) electrons. The van der Waals surface area contributed by atoms with E-state index in [0.717, 1.165) is 5.56 Å². The van der Waals surface area contributed by atoms with Gasteiger partial charge in [-0.3, -0.25) is 5.43 Å². The predicted octanol–water partition coefficient (Wildman–Crippen LogP) is 4.80. The van der Waals surface area contributed by atoms with Crippen molar-refractivity contribution in [3.63, 3.8) is 0 Å². The Morgan fingerprint density at radius 3 is 2.70 bits per heavy atom. The van der Waals surface area contributed by atoms with Gasteiger partial charge in [0.15, 0.2) is 11.5 Å². The zero-order valence-corrected chi connectivity index (χ0v) is 16.3. The van der Waals surface area contributed by atoms with Gasteiger partial charge in [0.05, 0.1) is 17.8 Å². The van der Waals surface area contributed by atoms with Crippen LogP contribution in [-0.4, -0.2) is 17.8 Å². The number of hydrogen-bond acceptors (Lipinski definition) is 7. The molecule has 0 amide bonds. The lowest BCUT2D eigenvalue weighted by Gasteiger charge is -2.13. The van der Waals surface area contributed by atoms with E-state index in [1.807, 2.05) is 37.3 Å². The van der Waals surface area contributed by atoms with Crippen LogP contribution in [0.4, 0.5) is 10.9 Å². The summed E-state index contributed by atoms with van der Waals surface area (Å²) in [5.41, 5.74) is 10.2. The minimum Gasteiger partial charge on any atom is -0.490 e. The number of nitrogen functional groups attached to an aromatic ring is 1. The summed E-state index contributed by atoms with van der Waals surface area (Å²) in [6.07, 6.45) is 1.60. The molecule has 6 nitrogen and oxygen atoms in total. The van der Waals surface area contributed by atoms with Crippen LogP contribution in [0.5, 0.6) is 11.5 Å². The first-order valence-electron chi connectivity index (χ1n) is 8.29. The maximum atomic E-state index is 6.38. The van der Waals surface area contributed by atoms with Crippen molar-refractivity contribution in [1.29, 1.82) is 0 Å². The van der Waals surface area contributed by atoms with Gasteiger partial charge in [-0.1, -0.05) is 41.9 Å². The highest BCUT2D eigenvalue weighted by molar-refractivity contribution is 7.14. The Labute approximate surface area is 166 Å². The largest absolute Gasteiger partial charge is 0.490 e. The summed E-state index contributed by atoms with van der Waals surface area (Å²) >= 11 is 7.75. The van der Waals surface area contributed by atoms with Gasteiger partial charge in [0.2, 0.25) is 5.13 Å². The number of halogens is 1. The average Bonchev–Trinajstić information content (AvgIpc) is 3.09. The maximum absolute atomic E-state index is 6.38. The fourth-order valence-corrected chi connectivity index (χ4v) is 3.01. The van der Waals surface area contributed by atoms with E-state index in [2.05, 4.69) is 15.5 Å². The Hall–Kier alpha value is -2.77. The second kappa shape index (κ2) is 9.25. The van der Waals surface area contributed by atoms with Crippen molar-refractivity contribution in [3.8, 4) is 11.5 Å². The number of hydrogen-bond donors (Lipinski definition) is 2.